The Morgan fingerprint density at radius 1 is 1.31 bits per heavy atom. The van der Waals surface area contributed by atoms with Crippen molar-refractivity contribution in [2.75, 3.05) is 7.05 Å². The summed E-state index contributed by atoms with van der Waals surface area (Å²) in [4.78, 5) is 12.1. The molecule has 0 fully saturated rings. The van der Waals surface area contributed by atoms with Crippen molar-refractivity contribution >= 4 is 17.5 Å². The van der Waals surface area contributed by atoms with E-state index in [1.54, 1.807) is 31.2 Å². The number of hydrogen-bond acceptors (Lipinski definition) is 1. The van der Waals surface area contributed by atoms with E-state index in [1.807, 2.05) is 0 Å². The van der Waals surface area contributed by atoms with E-state index in [4.69, 9.17) is 11.6 Å². The number of carbonyl (C=O) groups is 1. The van der Waals surface area contributed by atoms with Crippen LogP contribution in [0, 0.1) is 0 Å². The van der Waals surface area contributed by atoms with Gasteiger partial charge in [-0.15, -0.1) is 0 Å². The standard InChI is InChI=1S/C11H12ClF2NO/c1-7(15(2)11(16)10(13)14)8-3-5-9(12)6-4-8/h3-7,10H,1-2H3. The summed E-state index contributed by atoms with van der Waals surface area (Å²) in [5.74, 6) is -1.18. The monoisotopic (exact) mass is 247 g/mol. The number of alkyl halides is 2. The highest BCUT2D eigenvalue weighted by Crippen LogP contribution is 2.21. The van der Waals surface area contributed by atoms with Gasteiger partial charge in [-0.2, -0.15) is 8.78 Å². The molecule has 0 aliphatic rings. The molecule has 0 bridgehead atoms. The molecule has 0 spiro atoms. The summed E-state index contributed by atoms with van der Waals surface area (Å²) < 4.78 is 24.4. The molecule has 1 atom stereocenters. The van der Waals surface area contributed by atoms with Gasteiger partial charge >= 0.3 is 6.43 Å². The molecule has 1 aromatic rings. The average Bonchev–Trinajstić information content (AvgIpc) is 2.27. The van der Waals surface area contributed by atoms with Crippen molar-refractivity contribution in [3.8, 4) is 0 Å². The predicted octanol–water partition coefficient (Wildman–Crippen LogP) is 3.12. The lowest BCUT2D eigenvalue weighted by Gasteiger charge is -2.24. The molecule has 1 aromatic carbocycles. The van der Waals surface area contributed by atoms with Crippen molar-refractivity contribution in [1.29, 1.82) is 0 Å². The van der Waals surface area contributed by atoms with Gasteiger partial charge in [-0.3, -0.25) is 4.79 Å². The van der Waals surface area contributed by atoms with Gasteiger partial charge in [0.25, 0.3) is 5.91 Å². The lowest BCUT2D eigenvalue weighted by atomic mass is 10.1. The van der Waals surface area contributed by atoms with Crippen LogP contribution in [0.2, 0.25) is 5.02 Å². The zero-order valence-corrected chi connectivity index (χ0v) is 9.71. The average molecular weight is 248 g/mol. The molecule has 88 valence electrons. The first kappa shape index (κ1) is 12.9. The van der Waals surface area contributed by atoms with Crippen molar-refractivity contribution in [2.45, 2.75) is 19.4 Å². The van der Waals surface area contributed by atoms with E-state index < -0.39 is 18.4 Å². The van der Waals surface area contributed by atoms with Crippen LogP contribution in [-0.2, 0) is 4.79 Å². The number of amides is 1. The van der Waals surface area contributed by atoms with Gasteiger partial charge in [0.15, 0.2) is 0 Å². The Labute approximate surface area is 97.8 Å². The number of nitrogens with zero attached hydrogens (tertiary/aromatic N) is 1. The maximum atomic E-state index is 12.2. The fourth-order valence-electron chi connectivity index (χ4n) is 1.31. The Morgan fingerprint density at radius 2 is 1.81 bits per heavy atom. The highest BCUT2D eigenvalue weighted by Gasteiger charge is 2.24. The summed E-state index contributed by atoms with van der Waals surface area (Å²) in [6, 6.07) is 6.34. The number of hydrogen-bond donors (Lipinski definition) is 0. The molecule has 1 rings (SSSR count). The van der Waals surface area contributed by atoms with Gasteiger partial charge in [0.1, 0.15) is 0 Å². The van der Waals surface area contributed by atoms with Crippen LogP contribution < -0.4 is 0 Å². The summed E-state index contributed by atoms with van der Waals surface area (Å²) in [5, 5.41) is 0.568. The van der Waals surface area contributed by atoms with E-state index in [1.165, 1.54) is 7.05 Å². The van der Waals surface area contributed by atoms with Crippen LogP contribution in [0.5, 0.6) is 0 Å². The highest BCUT2D eigenvalue weighted by atomic mass is 35.5. The van der Waals surface area contributed by atoms with Crippen LogP contribution in [0.4, 0.5) is 8.78 Å². The molecule has 0 heterocycles. The van der Waals surface area contributed by atoms with Gasteiger partial charge in [-0.05, 0) is 24.6 Å². The van der Waals surface area contributed by atoms with Gasteiger partial charge in [-0.1, -0.05) is 23.7 Å². The first-order chi connectivity index (χ1) is 7.43. The molecule has 16 heavy (non-hydrogen) atoms. The summed E-state index contributed by atoms with van der Waals surface area (Å²) >= 11 is 5.71. The first-order valence-corrected chi connectivity index (χ1v) is 5.11. The minimum atomic E-state index is -2.97. The molecule has 0 saturated heterocycles. The molecule has 1 unspecified atom stereocenters. The molecule has 1 amide bonds. The van der Waals surface area contributed by atoms with E-state index in [2.05, 4.69) is 0 Å². The van der Waals surface area contributed by atoms with E-state index in [9.17, 15) is 13.6 Å². The number of rotatable bonds is 3. The summed E-state index contributed by atoms with van der Waals surface area (Å²) in [6.45, 7) is 1.68. The highest BCUT2D eigenvalue weighted by molar-refractivity contribution is 6.30. The minimum absolute atomic E-state index is 0.404. The van der Waals surface area contributed by atoms with Crippen molar-refractivity contribution in [2.24, 2.45) is 0 Å². The minimum Gasteiger partial charge on any atom is -0.334 e. The molecule has 0 aromatic heterocycles. The van der Waals surface area contributed by atoms with Crippen molar-refractivity contribution in [3.63, 3.8) is 0 Å². The normalized spacial score (nSPS) is 12.6. The molecule has 0 aliphatic heterocycles. The van der Waals surface area contributed by atoms with Crippen LogP contribution in [-0.4, -0.2) is 24.3 Å². The van der Waals surface area contributed by atoms with Gasteiger partial charge in [0, 0.05) is 12.1 Å². The second kappa shape index (κ2) is 5.25. The van der Waals surface area contributed by atoms with Crippen LogP contribution in [0.3, 0.4) is 0 Å². The molecular weight excluding hydrogens is 236 g/mol. The zero-order valence-electron chi connectivity index (χ0n) is 8.95. The summed E-state index contributed by atoms with van der Waals surface area (Å²) in [5.41, 5.74) is 0.765. The third kappa shape index (κ3) is 2.92. The second-order valence-corrected chi connectivity index (χ2v) is 3.91. The summed E-state index contributed by atoms with van der Waals surface area (Å²) in [7, 11) is 1.35. The second-order valence-electron chi connectivity index (χ2n) is 3.48. The van der Waals surface area contributed by atoms with Crippen molar-refractivity contribution in [1.82, 2.24) is 4.90 Å². The fraction of sp³-hybridized carbons (Fsp3) is 0.364. The Morgan fingerprint density at radius 3 is 2.25 bits per heavy atom. The maximum Gasteiger partial charge on any atom is 0.315 e. The number of halogens is 3. The third-order valence-electron chi connectivity index (χ3n) is 2.47. The molecule has 0 N–H and O–H groups in total. The van der Waals surface area contributed by atoms with Gasteiger partial charge in [-0.25, -0.2) is 0 Å². The van der Waals surface area contributed by atoms with Crippen LogP contribution in [0.1, 0.15) is 18.5 Å². The molecular formula is C11H12ClF2NO. The van der Waals surface area contributed by atoms with E-state index in [0.717, 1.165) is 10.5 Å². The Bertz CT molecular complexity index is 367. The summed E-state index contributed by atoms with van der Waals surface area (Å²) in [6.07, 6.45) is -2.97. The molecule has 5 heteroatoms. The molecule has 0 radical (unpaired) electrons. The number of benzene rings is 1. The molecule has 0 aliphatic carbocycles. The Kier molecular flexibility index (Phi) is 4.24. The number of carbonyl (C=O) groups excluding carboxylic acids is 1. The van der Waals surface area contributed by atoms with Crippen molar-refractivity contribution in [3.05, 3.63) is 34.9 Å². The van der Waals surface area contributed by atoms with Crippen LogP contribution >= 0.6 is 11.6 Å². The zero-order chi connectivity index (χ0) is 12.3. The lowest BCUT2D eigenvalue weighted by molar-refractivity contribution is -0.143. The molecule has 2 nitrogen and oxygen atoms in total. The first-order valence-electron chi connectivity index (χ1n) is 4.73. The third-order valence-corrected chi connectivity index (χ3v) is 2.72. The maximum absolute atomic E-state index is 12.2. The van der Waals surface area contributed by atoms with E-state index in [0.29, 0.717) is 5.02 Å². The lowest BCUT2D eigenvalue weighted by Crippen LogP contribution is -2.34. The Balaban J connectivity index is 2.81. The van der Waals surface area contributed by atoms with Gasteiger partial charge in [0.2, 0.25) is 0 Å². The van der Waals surface area contributed by atoms with Crippen LogP contribution in [0.25, 0.3) is 0 Å². The Hall–Kier alpha value is -1.16. The predicted molar refractivity (Wildman–Crippen MR) is 58.6 cm³/mol. The largest absolute Gasteiger partial charge is 0.334 e. The van der Waals surface area contributed by atoms with Gasteiger partial charge < -0.3 is 4.90 Å². The smallest absolute Gasteiger partial charge is 0.315 e. The van der Waals surface area contributed by atoms with E-state index in [-0.39, 0.29) is 0 Å². The SMILES string of the molecule is CC(c1ccc(Cl)cc1)N(C)C(=O)C(F)F. The topological polar surface area (TPSA) is 20.3 Å². The quantitative estimate of drug-likeness (QED) is 0.804. The van der Waals surface area contributed by atoms with Crippen LogP contribution in [0.15, 0.2) is 24.3 Å². The molecule has 0 saturated carbocycles. The van der Waals surface area contributed by atoms with Gasteiger partial charge in [0.05, 0.1) is 6.04 Å². The van der Waals surface area contributed by atoms with Crippen molar-refractivity contribution < 1.29 is 13.6 Å². The fourth-order valence-corrected chi connectivity index (χ4v) is 1.44. The van der Waals surface area contributed by atoms with E-state index >= 15 is 0 Å².